The first-order valence-electron chi connectivity index (χ1n) is 7.53. The van der Waals surface area contributed by atoms with E-state index in [-0.39, 0.29) is 24.8 Å². The Bertz CT molecular complexity index is 639. The summed E-state index contributed by atoms with van der Waals surface area (Å²) in [4.78, 5) is 29.6. The van der Waals surface area contributed by atoms with Crippen LogP contribution in [0.4, 0.5) is 0 Å². The summed E-state index contributed by atoms with van der Waals surface area (Å²) in [6.07, 6.45) is 0.598. The number of carbonyl (C=O) groups excluding carboxylic acids is 2. The zero-order valence-corrected chi connectivity index (χ0v) is 14.1. The second-order valence-electron chi connectivity index (χ2n) is 4.89. The Kier molecular flexibility index (Phi) is 6.28. The maximum absolute atomic E-state index is 12.2. The molecule has 0 aliphatic heterocycles. The third kappa shape index (κ3) is 4.88. The van der Waals surface area contributed by atoms with Crippen LogP contribution >= 0.6 is 11.3 Å². The molecule has 0 unspecified atom stereocenters. The van der Waals surface area contributed by atoms with Crippen LogP contribution < -0.4 is 5.32 Å². The van der Waals surface area contributed by atoms with Gasteiger partial charge in [0.05, 0.1) is 6.54 Å². The molecule has 2 rings (SSSR count). The van der Waals surface area contributed by atoms with E-state index >= 15 is 0 Å². The number of hydrogen-bond donors (Lipinski definition) is 1. The highest BCUT2D eigenvalue weighted by atomic mass is 32.1. The molecule has 0 saturated heterocycles. The summed E-state index contributed by atoms with van der Waals surface area (Å²) in [6.45, 7) is 4.81. The van der Waals surface area contributed by atoms with E-state index in [9.17, 15) is 9.59 Å². The van der Waals surface area contributed by atoms with Crippen molar-refractivity contribution in [2.45, 2.75) is 26.7 Å². The molecule has 2 amide bonds. The smallest absolute Gasteiger partial charge is 0.239 e. The van der Waals surface area contributed by atoms with Crippen LogP contribution in [0, 0.1) is 0 Å². The molecule has 0 atom stereocenters. The van der Waals surface area contributed by atoms with Gasteiger partial charge in [0.25, 0.3) is 0 Å². The lowest BCUT2D eigenvalue weighted by atomic mass is 10.2. The van der Waals surface area contributed by atoms with Crippen LogP contribution in [0.2, 0.25) is 0 Å². The third-order valence-electron chi connectivity index (χ3n) is 3.24. The fourth-order valence-electron chi connectivity index (χ4n) is 2.04. The van der Waals surface area contributed by atoms with E-state index in [2.05, 4.69) is 15.5 Å². The van der Waals surface area contributed by atoms with Crippen LogP contribution in [0.5, 0.6) is 0 Å². The van der Waals surface area contributed by atoms with Gasteiger partial charge in [0, 0.05) is 36.9 Å². The van der Waals surface area contributed by atoms with Gasteiger partial charge in [-0.3, -0.25) is 9.59 Å². The predicted molar refractivity (Wildman–Crippen MR) is 86.9 cm³/mol. The number of nitrogens with zero attached hydrogens (tertiary/aromatic N) is 3. The normalized spacial score (nSPS) is 10.5. The minimum atomic E-state index is -0.153. The van der Waals surface area contributed by atoms with E-state index in [1.54, 1.807) is 11.3 Å². The summed E-state index contributed by atoms with van der Waals surface area (Å²) in [5, 5.41) is 10.5. The number of nitrogens with one attached hydrogen (secondary N) is 1. The van der Waals surface area contributed by atoms with Crippen molar-refractivity contribution >= 4 is 23.2 Å². The molecule has 8 heteroatoms. The molecule has 0 aliphatic rings. The van der Waals surface area contributed by atoms with Crippen molar-refractivity contribution in [1.29, 1.82) is 0 Å². The summed E-state index contributed by atoms with van der Waals surface area (Å²) in [5.74, 6) is 0.700. The summed E-state index contributed by atoms with van der Waals surface area (Å²) in [5.41, 5.74) is 0.905. The Balaban J connectivity index is 1.86. The van der Waals surface area contributed by atoms with Crippen molar-refractivity contribution in [2.24, 2.45) is 0 Å². The van der Waals surface area contributed by atoms with Crippen LogP contribution in [-0.4, -0.2) is 46.5 Å². The highest BCUT2D eigenvalue weighted by Gasteiger charge is 2.17. The first-order valence-corrected chi connectivity index (χ1v) is 8.48. The second-order valence-corrected chi connectivity index (χ2v) is 5.67. The molecule has 0 spiro atoms. The number of carbonyl (C=O) groups is 2. The summed E-state index contributed by atoms with van der Waals surface area (Å²) in [6, 6.07) is 1.91. The van der Waals surface area contributed by atoms with Gasteiger partial charge in [-0.2, -0.15) is 16.3 Å². The van der Waals surface area contributed by atoms with Gasteiger partial charge in [-0.15, -0.1) is 0 Å². The first-order chi connectivity index (χ1) is 11.1. The molecular weight excluding hydrogens is 316 g/mol. The molecule has 0 aromatic carbocycles. The summed E-state index contributed by atoms with van der Waals surface area (Å²) < 4.78 is 5.17. The average molecular weight is 336 g/mol. The zero-order chi connectivity index (χ0) is 16.7. The number of aromatic nitrogens is 2. The predicted octanol–water partition coefficient (Wildman–Crippen LogP) is 1.72. The minimum absolute atomic E-state index is 0.0765. The van der Waals surface area contributed by atoms with Crippen LogP contribution in [0.1, 0.15) is 26.2 Å². The van der Waals surface area contributed by atoms with E-state index in [4.69, 9.17) is 4.52 Å². The van der Waals surface area contributed by atoms with Gasteiger partial charge in [0.15, 0.2) is 0 Å². The summed E-state index contributed by atoms with van der Waals surface area (Å²) in [7, 11) is 0. The molecule has 2 heterocycles. The average Bonchev–Trinajstić information content (AvgIpc) is 3.21. The third-order valence-corrected chi connectivity index (χ3v) is 3.93. The van der Waals surface area contributed by atoms with Crippen LogP contribution in [0.3, 0.4) is 0 Å². The van der Waals surface area contributed by atoms with Crippen molar-refractivity contribution in [3.8, 4) is 11.4 Å². The van der Waals surface area contributed by atoms with Crippen LogP contribution in [0.25, 0.3) is 11.4 Å². The van der Waals surface area contributed by atoms with Crippen molar-refractivity contribution in [3.05, 3.63) is 22.7 Å². The Hall–Kier alpha value is -2.22. The summed E-state index contributed by atoms with van der Waals surface area (Å²) >= 11 is 1.56. The molecule has 7 nitrogen and oxygen atoms in total. The number of aryl methyl sites for hydroxylation is 1. The highest BCUT2D eigenvalue weighted by molar-refractivity contribution is 7.08. The van der Waals surface area contributed by atoms with Crippen LogP contribution in [0.15, 0.2) is 21.3 Å². The molecule has 124 valence electrons. The number of amides is 2. The van der Waals surface area contributed by atoms with E-state index in [0.29, 0.717) is 31.2 Å². The lowest BCUT2D eigenvalue weighted by Crippen LogP contribution is -2.40. The number of hydrogen-bond acceptors (Lipinski definition) is 6. The quantitative estimate of drug-likeness (QED) is 0.793. The van der Waals surface area contributed by atoms with Gasteiger partial charge in [-0.1, -0.05) is 5.16 Å². The van der Waals surface area contributed by atoms with Gasteiger partial charge < -0.3 is 14.7 Å². The fourth-order valence-corrected chi connectivity index (χ4v) is 2.67. The Morgan fingerprint density at radius 1 is 1.39 bits per heavy atom. The van der Waals surface area contributed by atoms with E-state index in [1.165, 1.54) is 4.90 Å². The number of likely N-dealkylation sites (N-methyl/N-ethyl adjacent to an activating group) is 2. The molecule has 0 bridgehead atoms. The van der Waals surface area contributed by atoms with Gasteiger partial charge >= 0.3 is 0 Å². The van der Waals surface area contributed by atoms with Crippen molar-refractivity contribution in [2.75, 3.05) is 19.6 Å². The Morgan fingerprint density at radius 2 is 2.22 bits per heavy atom. The van der Waals surface area contributed by atoms with Crippen molar-refractivity contribution in [3.63, 3.8) is 0 Å². The molecule has 0 saturated carbocycles. The van der Waals surface area contributed by atoms with Crippen molar-refractivity contribution in [1.82, 2.24) is 20.4 Å². The van der Waals surface area contributed by atoms with E-state index in [1.807, 2.05) is 30.7 Å². The molecule has 23 heavy (non-hydrogen) atoms. The zero-order valence-electron chi connectivity index (χ0n) is 13.2. The van der Waals surface area contributed by atoms with Gasteiger partial charge in [0.1, 0.15) is 0 Å². The maximum atomic E-state index is 12.2. The number of rotatable bonds is 8. The topological polar surface area (TPSA) is 88.3 Å². The monoisotopic (exact) mass is 336 g/mol. The number of thiophene rings is 1. The Labute approximate surface area is 138 Å². The molecule has 0 aliphatic carbocycles. The first kappa shape index (κ1) is 17.1. The molecule has 0 radical (unpaired) electrons. The molecule has 1 N–H and O–H groups in total. The van der Waals surface area contributed by atoms with Gasteiger partial charge in [-0.25, -0.2) is 0 Å². The molecule has 2 aromatic heterocycles. The molecule has 2 aromatic rings. The van der Waals surface area contributed by atoms with Gasteiger partial charge in [0.2, 0.25) is 23.5 Å². The molecule has 0 fully saturated rings. The second kappa shape index (κ2) is 8.42. The highest BCUT2D eigenvalue weighted by Crippen LogP contribution is 2.19. The minimum Gasteiger partial charge on any atom is -0.355 e. The largest absolute Gasteiger partial charge is 0.355 e. The van der Waals surface area contributed by atoms with E-state index < -0.39 is 0 Å². The SMILES string of the molecule is CCNC(=O)CN(CC)C(=O)CCc1nc(-c2ccsc2)no1. The van der Waals surface area contributed by atoms with Gasteiger partial charge in [-0.05, 0) is 25.3 Å². The fraction of sp³-hybridized carbons (Fsp3) is 0.467. The van der Waals surface area contributed by atoms with E-state index in [0.717, 1.165) is 5.56 Å². The standard InChI is InChI=1S/C15H20N4O3S/c1-3-16-12(20)9-19(4-2)14(21)6-5-13-17-15(18-22-13)11-7-8-23-10-11/h7-8,10H,3-6,9H2,1-2H3,(H,16,20). The maximum Gasteiger partial charge on any atom is 0.239 e. The van der Waals surface area contributed by atoms with Crippen molar-refractivity contribution < 1.29 is 14.1 Å². The molecular formula is C15H20N4O3S. The van der Waals surface area contributed by atoms with Crippen LogP contribution in [-0.2, 0) is 16.0 Å². The lowest BCUT2D eigenvalue weighted by Gasteiger charge is -2.19. The Morgan fingerprint density at radius 3 is 2.87 bits per heavy atom. The lowest BCUT2D eigenvalue weighted by molar-refractivity contribution is -0.135.